The minimum absolute atomic E-state index is 0.588. The van der Waals surface area contributed by atoms with Gasteiger partial charge in [0.2, 0.25) is 5.88 Å². The summed E-state index contributed by atoms with van der Waals surface area (Å²) in [4.78, 5) is 7.03. The van der Waals surface area contributed by atoms with Gasteiger partial charge in [0, 0.05) is 29.8 Å². The summed E-state index contributed by atoms with van der Waals surface area (Å²) in [6, 6.07) is 5.63. The van der Waals surface area contributed by atoms with Gasteiger partial charge in [-0.3, -0.25) is 4.90 Å². The monoisotopic (exact) mass is 216 g/mol. The maximum absolute atomic E-state index is 5.76. The van der Waals surface area contributed by atoms with Gasteiger partial charge < -0.3 is 4.74 Å². The molecule has 1 aromatic heterocycles. The third-order valence-corrected chi connectivity index (χ3v) is 4.35. The summed E-state index contributed by atoms with van der Waals surface area (Å²) in [6.07, 6.45) is 5.89. The van der Waals surface area contributed by atoms with Gasteiger partial charge in [0.1, 0.15) is 0 Å². The Morgan fingerprint density at radius 3 is 3.44 bits per heavy atom. The molecule has 3 aliphatic heterocycles. The highest BCUT2D eigenvalue weighted by molar-refractivity contribution is 5.33. The predicted molar refractivity (Wildman–Crippen MR) is 60.3 cm³/mol. The van der Waals surface area contributed by atoms with Gasteiger partial charge in [-0.25, -0.2) is 4.98 Å². The van der Waals surface area contributed by atoms with E-state index in [2.05, 4.69) is 16.0 Å². The molecule has 0 radical (unpaired) electrons. The summed E-state index contributed by atoms with van der Waals surface area (Å²) < 4.78 is 5.76. The third kappa shape index (κ3) is 1.09. The molecule has 3 nitrogen and oxygen atoms in total. The number of nitrogens with zero attached hydrogens (tertiary/aromatic N) is 2. The van der Waals surface area contributed by atoms with Crippen molar-refractivity contribution in [2.24, 2.45) is 5.92 Å². The van der Waals surface area contributed by atoms with Crippen LogP contribution >= 0.6 is 0 Å². The first-order valence-electron chi connectivity index (χ1n) is 6.27. The van der Waals surface area contributed by atoms with Crippen LogP contribution in [0.1, 0.15) is 30.9 Å². The van der Waals surface area contributed by atoms with E-state index in [9.17, 15) is 0 Å². The van der Waals surface area contributed by atoms with Crippen LogP contribution in [0.25, 0.3) is 0 Å². The van der Waals surface area contributed by atoms with Crippen LogP contribution in [0.5, 0.6) is 5.88 Å². The average Bonchev–Trinajstić information content (AvgIpc) is 2.88. The summed E-state index contributed by atoms with van der Waals surface area (Å²) >= 11 is 0. The Labute approximate surface area is 95.4 Å². The Hall–Kier alpha value is -1.09. The fourth-order valence-corrected chi connectivity index (χ4v) is 3.75. The molecule has 0 amide bonds. The Bertz CT molecular complexity index is 420. The van der Waals surface area contributed by atoms with Crippen LogP contribution in [0.4, 0.5) is 0 Å². The highest BCUT2D eigenvalue weighted by Crippen LogP contribution is 2.49. The van der Waals surface area contributed by atoms with Crippen LogP contribution in [0, 0.1) is 5.92 Å². The molecule has 2 fully saturated rings. The van der Waals surface area contributed by atoms with E-state index in [1.54, 1.807) is 0 Å². The van der Waals surface area contributed by atoms with Gasteiger partial charge in [0.05, 0.1) is 6.61 Å². The lowest BCUT2D eigenvalue weighted by atomic mass is 9.91. The normalized spacial score (nSPS) is 36.4. The summed E-state index contributed by atoms with van der Waals surface area (Å²) in [6.45, 7) is 2.13. The fourth-order valence-electron chi connectivity index (χ4n) is 3.75. The summed E-state index contributed by atoms with van der Waals surface area (Å²) in [5.74, 6) is 1.57. The quantitative estimate of drug-likeness (QED) is 0.663. The first-order valence-corrected chi connectivity index (χ1v) is 6.27. The van der Waals surface area contributed by atoms with E-state index < -0.39 is 0 Å². The number of fused-ring (bicyclic) bond motifs is 5. The molecule has 16 heavy (non-hydrogen) atoms. The zero-order valence-corrected chi connectivity index (χ0v) is 9.30. The molecule has 0 aromatic carbocycles. The van der Waals surface area contributed by atoms with Gasteiger partial charge in [-0.1, -0.05) is 6.07 Å². The minimum atomic E-state index is 0.588. The van der Waals surface area contributed by atoms with Crippen molar-refractivity contribution in [2.45, 2.75) is 31.3 Å². The van der Waals surface area contributed by atoms with E-state index in [1.807, 2.05) is 12.3 Å². The van der Waals surface area contributed by atoms with E-state index in [4.69, 9.17) is 4.74 Å². The maximum atomic E-state index is 5.76. The lowest BCUT2D eigenvalue weighted by Crippen LogP contribution is -2.31. The summed E-state index contributed by atoms with van der Waals surface area (Å²) in [5, 5.41) is 0. The van der Waals surface area contributed by atoms with Gasteiger partial charge in [-0.2, -0.15) is 0 Å². The fraction of sp³-hybridized carbons (Fsp3) is 0.615. The first-order chi connectivity index (χ1) is 7.93. The smallest absolute Gasteiger partial charge is 0.218 e. The largest absolute Gasteiger partial charge is 0.477 e. The molecule has 84 valence electrons. The second kappa shape index (κ2) is 3.20. The van der Waals surface area contributed by atoms with Gasteiger partial charge in [0.15, 0.2) is 0 Å². The highest BCUT2D eigenvalue weighted by atomic mass is 16.5. The number of aromatic nitrogens is 1. The number of ether oxygens (including phenoxy) is 1. The molecule has 0 aliphatic carbocycles. The SMILES string of the molecule is c1cnc2c(c1)C1C(CO2)CC2CCCN21. The van der Waals surface area contributed by atoms with Gasteiger partial charge >= 0.3 is 0 Å². The standard InChI is InChI=1S/C13H16N2O/c1-4-11-12-9(8-16-13(11)14-5-1)7-10-3-2-6-15(10)12/h1,4-5,9-10,12H,2-3,6-8H2. The molecule has 2 saturated heterocycles. The van der Waals surface area contributed by atoms with Crippen LogP contribution < -0.4 is 4.74 Å². The Morgan fingerprint density at radius 2 is 2.44 bits per heavy atom. The van der Waals surface area contributed by atoms with Gasteiger partial charge in [-0.05, 0) is 31.9 Å². The zero-order valence-electron chi connectivity index (χ0n) is 9.30. The van der Waals surface area contributed by atoms with Crippen LogP contribution in [0.2, 0.25) is 0 Å². The van der Waals surface area contributed by atoms with Crippen LogP contribution in [0.15, 0.2) is 18.3 Å². The number of rotatable bonds is 0. The van der Waals surface area contributed by atoms with Crippen molar-refractivity contribution in [3.05, 3.63) is 23.9 Å². The lowest BCUT2D eigenvalue weighted by molar-refractivity contribution is 0.145. The Kier molecular flexibility index (Phi) is 1.80. The maximum Gasteiger partial charge on any atom is 0.218 e. The van der Waals surface area contributed by atoms with Crippen molar-refractivity contribution in [3.8, 4) is 5.88 Å². The summed E-state index contributed by atoms with van der Waals surface area (Å²) in [7, 11) is 0. The van der Waals surface area contributed by atoms with Crippen LogP contribution in [-0.2, 0) is 0 Å². The first kappa shape index (κ1) is 8.99. The van der Waals surface area contributed by atoms with E-state index in [0.29, 0.717) is 12.0 Å². The van der Waals surface area contributed by atoms with Crippen molar-refractivity contribution in [3.63, 3.8) is 0 Å². The average molecular weight is 216 g/mol. The molecular weight excluding hydrogens is 200 g/mol. The molecule has 1 aromatic rings. The highest BCUT2D eigenvalue weighted by Gasteiger charge is 2.47. The van der Waals surface area contributed by atoms with E-state index in [-0.39, 0.29) is 0 Å². The minimum Gasteiger partial charge on any atom is -0.477 e. The molecule has 0 bridgehead atoms. The molecule has 3 atom stereocenters. The van der Waals surface area contributed by atoms with E-state index in [0.717, 1.165) is 18.5 Å². The molecule has 4 heterocycles. The second-order valence-electron chi connectivity index (χ2n) is 5.18. The molecule has 4 rings (SSSR count). The lowest BCUT2D eigenvalue weighted by Gasteiger charge is -2.32. The zero-order chi connectivity index (χ0) is 10.5. The van der Waals surface area contributed by atoms with Gasteiger partial charge in [0.25, 0.3) is 0 Å². The molecule has 0 spiro atoms. The molecule has 0 saturated carbocycles. The van der Waals surface area contributed by atoms with Crippen LogP contribution in [-0.4, -0.2) is 29.1 Å². The molecule has 3 aliphatic rings. The Balaban J connectivity index is 1.79. The Morgan fingerprint density at radius 1 is 1.44 bits per heavy atom. The van der Waals surface area contributed by atoms with Crippen molar-refractivity contribution in [1.29, 1.82) is 0 Å². The van der Waals surface area contributed by atoms with E-state index >= 15 is 0 Å². The molecule has 3 heteroatoms. The van der Waals surface area contributed by atoms with Crippen molar-refractivity contribution >= 4 is 0 Å². The second-order valence-corrected chi connectivity index (χ2v) is 5.18. The number of hydrogen-bond donors (Lipinski definition) is 0. The number of hydrogen-bond acceptors (Lipinski definition) is 3. The van der Waals surface area contributed by atoms with Crippen LogP contribution in [0.3, 0.4) is 0 Å². The van der Waals surface area contributed by atoms with Crippen molar-refractivity contribution < 1.29 is 4.74 Å². The summed E-state index contributed by atoms with van der Waals surface area (Å²) in [5.41, 5.74) is 1.32. The van der Waals surface area contributed by atoms with Gasteiger partial charge in [-0.15, -0.1) is 0 Å². The number of pyridine rings is 1. The molecular formula is C13H16N2O. The van der Waals surface area contributed by atoms with E-state index in [1.165, 1.54) is 31.4 Å². The third-order valence-electron chi connectivity index (χ3n) is 4.35. The van der Waals surface area contributed by atoms with Crippen molar-refractivity contribution in [2.75, 3.05) is 13.2 Å². The molecule has 0 N–H and O–H groups in total. The topological polar surface area (TPSA) is 25.4 Å². The molecule has 3 unspecified atom stereocenters. The van der Waals surface area contributed by atoms with Crippen molar-refractivity contribution in [1.82, 2.24) is 9.88 Å². The predicted octanol–water partition coefficient (Wildman–Crippen LogP) is 2.00.